The summed E-state index contributed by atoms with van der Waals surface area (Å²) in [5.74, 6) is 0.584. The molecule has 0 saturated heterocycles. The molecule has 1 N–H and O–H groups in total. The van der Waals surface area contributed by atoms with Crippen LogP contribution in [0.3, 0.4) is 0 Å². The standard InChI is InChI=1S/C24H34N2O4S/c1-25(2)17-21-15-22(26(3)31(28,29)18-19-9-6-5-7-10-19)13-14-24(21,27)20-11-8-12-23(16-20)30-4/h5-12,16,21-22,27H,13-15,17-18H2,1-4H3. The van der Waals surface area contributed by atoms with Gasteiger partial charge in [0.1, 0.15) is 5.75 Å². The summed E-state index contributed by atoms with van der Waals surface area (Å²) in [4.78, 5) is 2.05. The minimum Gasteiger partial charge on any atom is -0.497 e. The summed E-state index contributed by atoms with van der Waals surface area (Å²) in [6, 6.07) is 16.7. The van der Waals surface area contributed by atoms with Gasteiger partial charge < -0.3 is 14.7 Å². The Morgan fingerprint density at radius 2 is 1.81 bits per heavy atom. The summed E-state index contributed by atoms with van der Waals surface area (Å²) in [7, 11) is 3.78. The van der Waals surface area contributed by atoms with Crippen LogP contribution in [0.2, 0.25) is 0 Å². The van der Waals surface area contributed by atoms with Gasteiger partial charge in [-0.25, -0.2) is 12.7 Å². The fourth-order valence-electron chi connectivity index (χ4n) is 4.61. The highest BCUT2D eigenvalue weighted by molar-refractivity contribution is 7.88. The van der Waals surface area contributed by atoms with Crippen LogP contribution in [0.1, 0.15) is 30.4 Å². The van der Waals surface area contributed by atoms with Crippen molar-refractivity contribution in [3.63, 3.8) is 0 Å². The fraction of sp³-hybridized carbons (Fsp3) is 0.500. The summed E-state index contributed by atoms with van der Waals surface area (Å²) in [6.45, 7) is 0.663. The van der Waals surface area contributed by atoms with E-state index in [1.165, 1.54) is 4.31 Å². The molecule has 1 saturated carbocycles. The molecule has 0 spiro atoms. The van der Waals surface area contributed by atoms with Crippen molar-refractivity contribution in [3.05, 3.63) is 65.7 Å². The van der Waals surface area contributed by atoms with Gasteiger partial charge in [-0.05, 0) is 56.6 Å². The second kappa shape index (κ2) is 9.69. The molecule has 0 heterocycles. The van der Waals surface area contributed by atoms with E-state index in [2.05, 4.69) is 4.90 Å². The minimum absolute atomic E-state index is 0.0145. The zero-order chi connectivity index (χ0) is 22.6. The third-order valence-electron chi connectivity index (χ3n) is 6.39. The first-order chi connectivity index (χ1) is 14.7. The predicted molar refractivity (Wildman–Crippen MR) is 123 cm³/mol. The maximum atomic E-state index is 13.1. The van der Waals surface area contributed by atoms with Gasteiger partial charge in [0.05, 0.1) is 18.5 Å². The molecule has 31 heavy (non-hydrogen) atoms. The van der Waals surface area contributed by atoms with E-state index in [0.717, 1.165) is 11.1 Å². The van der Waals surface area contributed by atoms with Crippen molar-refractivity contribution in [2.75, 3.05) is 34.8 Å². The van der Waals surface area contributed by atoms with Gasteiger partial charge in [0, 0.05) is 25.6 Å². The lowest BCUT2D eigenvalue weighted by atomic mass is 9.69. The molecule has 0 radical (unpaired) electrons. The van der Waals surface area contributed by atoms with Crippen molar-refractivity contribution in [3.8, 4) is 5.75 Å². The summed E-state index contributed by atoms with van der Waals surface area (Å²) in [6.07, 6.45) is 1.69. The highest BCUT2D eigenvalue weighted by Gasteiger charge is 2.45. The van der Waals surface area contributed by atoms with Gasteiger partial charge in [0.15, 0.2) is 0 Å². The second-order valence-corrected chi connectivity index (χ2v) is 10.8. The predicted octanol–water partition coefficient (Wildman–Crippen LogP) is 3.07. The van der Waals surface area contributed by atoms with Gasteiger partial charge in [-0.2, -0.15) is 0 Å². The molecule has 2 aromatic rings. The van der Waals surface area contributed by atoms with Gasteiger partial charge in [-0.3, -0.25) is 0 Å². The van der Waals surface area contributed by atoms with E-state index in [1.54, 1.807) is 14.2 Å². The SMILES string of the molecule is COc1cccc(C2(O)CCC(N(C)S(=O)(=O)Cc3ccccc3)CC2CN(C)C)c1. The van der Waals surface area contributed by atoms with Crippen LogP contribution in [0.25, 0.3) is 0 Å². The van der Waals surface area contributed by atoms with Crippen molar-refractivity contribution in [2.45, 2.75) is 36.7 Å². The lowest BCUT2D eigenvalue weighted by molar-refractivity contribution is -0.0745. The van der Waals surface area contributed by atoms with E-state index >= 15 is 0 Å². The number of rotatable bonds is 8. The molecule has 2 aromatic carbocycles. The van der Waals surface area contributed by atoms with Crippen LogP contribution in [0.15, 0.2) is 54.6 Å². The van der Waals surface area contributed by atoms with Crippen LogP contribution in [0, 0.1) is 5.92 Å². The lowest BCUT2D eigenvalue weighted by Crippen LogP contribution is -2.51. The average molecular weight is 447 g/mol. The Hall–Kier alpha value is -1.93. The van der Waals surface area contributed by atoms with Crippen molar-refractivity contribution >= 4 is 10.0 Å². The highest BCUT2D eigenvalue weighted by atomic mass is 32.2. The molecule has 0 amide bonds. The van der Waals surface area contributed by atoms with Crippen LogP contribution in [0.4, 0.5) is 0 Å². The van der Waals surface area contributed by atoms with Gasteiger partial charge in [0.25, 0.3) is 0 Å². The Kier molecular flexibility index (Phi) is 7.42. The number of aliphatic hydroxyl groups is 1. The summed E-state index contributed by atoms with van der Waals surface area (Å²) >= 11 is 0. The van der Waals surface area contributed by atoms with E-state index in [1.807, 2.05) is 68.7 Å². The molecular weight excluding hydrogens is 412 g/mol. The number of methoxy groups -OCH3 is 1. The molecule has 3 unspecified atom stereocenters. The molecule has 6 nitrogen and oxygen atoms in total. The summed E-state index contributed by atoms with van der Waals surface area (Å²) in [5, 5.41) is 11.8. The first-order valence-corrected chi connectivity index (χ1v) is 12.3. The molecule has 0 aromatic heterocycles. The Morgan fingerprint density at radius 3 is 2.45 bits per heavy atom. The van der Waals surface area contributed by atoms with Gasteiger partial charge in [0.2, 0.25) is 10.0 Å². The van der Waals surface area contributed by atoms with Crippen LogP contribution in [-0.2, 0) is 21.4 Å². The number of hydrogen-bond acceptors (Lipinski definition) is 5. The highest BCUT2D eigenvalue weighted by Crippen LogP contribution is 2.44. The molecule has 7 heteroatoms. The molecule has 3 atom stereocenters. The first-order valence-electron chi connectivity index (χ1n) is 10.7. The summed E-state index contributed by atoms with van der Waals surface area (Å²) < 4.78 is 33.0. The number of nitrogens with zero attached hydrogens (tertiary/aromatic N) is 2. The van der Waals surface area contributed by atoms with Crippen molar-refractivity contribution in [1.82, 2.24) is 9.21 Å². The largest absolute Gasteiger partial charge is 0.497 e. The number of hydrogen-bond donors (Lipinski definition) is 1. The average Bonchev–Trinajstić information content (AvgIpc) is 2.75. The third-order valence-corrected chi connectivity index (χ3v) is 8.26. The molecule has 1 fully saturated rings. The Bertz CT molecular complexity index is 965. The van der Waals surface area contributed by atoms with Gasteiger partial charge in [-0.15, -0.1) is 0 Å². The monoisotopic (exact) mass is 446 g/mol. The molecular formula is C24H34N2O4S. The fourth-order valence-corrected chi connectivity index (χ4v) is 6.08. The maximum Gasteiger partial charge on any atom is 0.218 e. The van der Waals surface area contributed by atoms with Crippen molar-refractivity contribution in [1.29, 1.82) is 0 Å². The Labute approximate surface area is 186 Å². The van der Waals surface area contributed by atoms with E-state index in [9.17, 15) is 13.5 Å². The molecule has 1 aliphatic rings. The number of ether oxygens (including phenoxy) is 1. The van der Waals surface area contributed by atoms with Crippen molar-refractivity contribution < 1.29 is 18.3 Å². The molecule has 3 rings (SSSR count). The maximum absolute atomic E-state index is 13.1. The first kappa shape index (κ1) is 23.7. The molecule has 0 aliphatic heterocycles. The molecule has 1 aliphatic carbocycles. The van der Waals surface area contributed by atoms with Crippen LogP contribution >= 0.6 is 0 Å². The van der Waals surface area contributed by atoms with Gasteiger partial charge >= 0.3 is 0 Å². The zero-order valence-electron chi connectivity index (χ0n) is 18.9. The van der Waals surface area contributed by atoms with Crippen LogP contribution < -0.4 is 4.74 Å². The normalized spacial score (nSPS) is 24.5. The van der Waals surface area contributed by atoms with Crippen LogP contribution in [0.5, 0.6) is 5.75 Å². The third kappa shape index (κ3) is 5.47. The lowest BCUT2D eigenvalue weighted by Gasteiger charge is -2.46. The Morgan fingerprint density at radius 1 is 1.10 bits per heavy atom. The molecule has 0 bridgehead atoms. The van der Waals surface area contributed by atoms with Gasteiger partial charge in [-0.1, -0.05) is 42.5 Å². The van der Waals surface area contributed by atoms with E-state index < -0.39 is 15.6 Å². The zero-order valence-corrected chi connectivity index (χ0v) is 19.7. The van der Waals surface area contributed by atoms with E-state index in [-0.39, 0.29) is 17.7 Å². The topological polar surface area (TPSA) is 70.1 Å². The van der Waals surface area contributed by atoms with E-state index in [4.69, 9.17) is 4.74 Å². The second-order valence-electron chi connectivity index (χ2n) is 8.80. The van der Waals surface area contributed by atoms with E-state index in [0.29, 0.717) is 31.6 Å². The minimum atomic E-state index is -3.46. The Balaban J connectivity index is 1.83. The number of sulfonamides is 1. The number of benzene rings is 2. The quantitative estimate of drug-likeness (QED) is 0.675. The summed E-state index contributed by atoms with van der Waals surface area (Å²) in [5.41, 5.74) is 0.578. The molecule has 170 valence electrons. The smallest absolute Gasteiger partial charge is 0.218 e. The van der Waals surface area contributed by atoms with Crippen LogP contribution in [-0.4, -0.2) is 63.6 Å². The van der Waals surface area contributed by atoms with Crippen molar-refractivity contribution in [2.24, 2.45) is 5.92 Å².